The molecule has 1 amide bonds. The number of esters is 1. The third kappa shape index (κ3) is 3.86. The lowest BCUT2D eigenvalue weighted by molar-refractivity contribution is -0.140. The molecule has 0 spiro atoms. The number of thioether (sulfide) groups is 1. The first kappa shape index (κ1) is 15.1. The van der Waals surface area contributed by atoms with E-state index in [0.717, 1.165) is 10.6 Å². The second-order valence-electron chi connectivity index (χ2n) is 4.45. The molecule has 6 heteroatoms. The molecule has 1 aromatic rings. The van der Waals surface area contributed by atoms with E-state index in [0.29, 0.717) is 13.1 Å². The second kappa shape index (κ2) is 6.95. The third-order valence-electron chi connectivity index (χ3n) is 2.99. The van der Waals surface area contributed by atoms with Crippen molar-refractivity contribution in [2.75, 3.05) is 26.0 Å². The van der Waals surface area contributed by atoms with Gasteiger partial charge in [-0.1, -0.05) is 0 Å². The van der Waals surface area contributed by atoms with Gasteiger partial charge in [0.1, 0.15) is 5.25 Å². The van der Waals surface area contributed by atoms with Crippen molar-refractivity contribution in [2.45, 2.75) is 12.2 Å². The number of methoxy groups -OCH3 is 1. The van der Waals surface area contributed by atoms with Gasteiger partial charge in [0.25, 0.3) is 0 Å². The van der Waals surface area contributed by atoms with Crippen LogP contribution in [0.3, 0.4) is 0 Å². The molecule has 0 N–H and O–H groups in total. The predicted octanol–water partition coefficient (Wildman–Crippen LogP) is 2.19. The summed E-state index contributed by atoms with van der Waals surface area (Å²) in [5, 5.41) is -0.268. The van der Waals surface area contributed by atoms with E-state index in [1.165, 1.54) is 12.0 Å². The van der Waals surface area contributed by atoms with E-state index < -0.39 is 0 Å². The van der Waals surface area contributed by atoms with Gasteiger partial charge < -0.3 is 9.64 Å². The highest BCUT2D eigenvalue weighted by atomic mass is 32.2. The Bertz CT molecular complexity index is 524. The van der Waals surface area contributed by atoms with E-state index in [1.807, 2.05) is 25.1 Å². The molecule has 1 saturated heterocycles. The third-order valence-corrected chi connectivity index (χ3v) is 5.12. The minimum absolute atomic E-state index is 0.0507. The molecule has 1 aliphatic heterocycles. The average molecular weight is 311 g/mol. The number of amides is 1. The van der Waals surface area contributed by atoms with Crippen LogP contribution in [0.25, 0.3) is 6.08 Å². The molecule has 108 valence electrons. The number of hydrogen-bond acceptors (Lipinski definition) is 5. The summed E-state index contributed by atoms with van der Waals surface area (Å²) in [6.45, 7) is 3.13. The van der Waals surface area contributed by atoms with Gasteiger partial charge in [-0.15, -0.1) is 23.1 Å². The molecule has 0 unspecified atom stereocenters. The van der Waals surface area contributed by atoms with Crippen LogP contribution < -0.4 is 0 Å². The summed E-state index contributed by atoms with van der Waals surface area (Å²) >= 11 is 3.19. The molecule has 1 aromatic heterocycles. The normalized spacial score (nSPS) is 19.3. The van der Waals surface area contributed by atoms with E-state index >= 15 is 0 Å². The van der Waals surface area contributed by atoms with Gasteiger partial charge >= 0.3 is 5.97 Å². The summed E-state index contributed by atoms with van der Waals surface area (Å²) in [6, 6.07) is 4.02. The predicted molar refractivity (Wildman–Crippen MR) is 82.9 cm³/mol. The lowest BCUT2D eigenvalue weighted by atomic mass is 10.3. The van der Waals surface area contributed by atoms with E-state index in [-0.39, 0.29) is 17.1 Å². The fourth-order valence-corrected chi connectivity index (χ4v) is 3.83. The van der Waals surface area contributed by atoms with Crippen molar-refractivity contribution in [1.29, 1.82) is 0 Å². The molecule has 1 aliphatic rings. The number of thiophene rings is 1. The summed E-state index contributed by atoms with van der Waals surface area (Å²) in [4.78, 5) is 27.6. The molecular formula is C14H17NO3S2. The van der Waals surface area contributed by atoms with Crippen LogP contribution >= 0.6 is 23.1 Å². The molecule has 1 atom stereocenters. The minimum Gasteiger partial charge on any atom is -0.468 e. The van der Waals surface area contributed by atoms with Crippen LogP contribution in [0, 0.1) is 6.92 Å². The van der Waals surface area contributed by atoms with E-state index in [1.54, 1.807) is 34.1 Å². The molecule has 2 rings (SSSR count). The smallest absolute Gasteiger partial charge is 0.320 e. The van der Waals surface area contributed by atoms with Crippen molar-refractivity contribution < 1.29 is 14.3 Å². The zero-order valence-corrected chi connectivity index (χ0v) is 13.1. The number of rotatable bonds is 3. The number of carbonyl (C=O) groups is 2. The molecule has 2 heterocycles. The minimum atomic E-state index is -0.268. The van der Waals surface area contributed by atoms with Crippen molar-refractivity contribution in [3.8, 4) is 0 Å². The molecule has 4 nitrogen and oxygen atoms in total. The van der Waals surface area contributed by atoms with Gasteiger partial charge in [-0.3, -0.25) is 9.59 Å². The Morgan fingerprint density at radius 3 is 2.90 bits per heavy atom. The first-order chi connectivity index (χ1) is 9.60. The van der Waals surface area contributed by atoms with Gasteiger partial charge in [-0.2, -0.15) is 0 Å². The lowest BCUT2D eigenvalue weighted by Crippen LogP contribution is -2.44. The molecule has 0 aromatic carbocycles. The Kier molecular flexibility index (Phi) is 5.25. The van der Waals surface area contributed by atoms with Crippen LogP contribution in [0.4, 0.5) is 0 Å². The maximum Gasteiger partial charge on any atom is 0.320 e. The van der Waals surface area contributed by atoms with Crippen LogP contribution in [0.15, 0.2) is 18.2 Å². The first-order valence-electron chi connectivity index (χ1n) is 6.33. The molecule has 0 aliphatic carbocycles. The number of aryl methyl sites for hydroxylation is 1. The van der Waals surface area contributed by atoms with Crippen molar-refractivity contribution in [2.24, 2.45) is 0 Å². The topological polar surface area (TPSA) is 46.6 Å². The number of ether oxygens (including phenoxy) is 1. The highest BCUT2D eigenvalue weighted by Gasteiger charge is 2.28. The van der Waals surface area contributed by atoms with Gasteiger partial charge in [-0.05, 0) is 25.1 Å². The van der Waals surface area contributed by atoms with Crippen LogP contribution in [0.5, 0.6) is 0 Å². The van der Waals surface area contributed by atoms with E-state index in [4.69, 9.17) is 4.74 Å². The Labute approximate surface area is 126 Å². The quantitative estimate of drug-likeness (QED) is 0.634. The zero-order valence-electron chi connectivity index (χ0n) is 11.5. The maximum absolute atomic E-state index is 12.1. The highest BCUT2D eigenvalue weighted by Crippen LogP contribution is 2.21. The van der Waals surface area contributed by atoms with Gasteiger partial charge in [0.15, 0.2) is 0 Å². The van der Waals surface area contributed by atoms with Gasteiger partial charge in [-0.25, -0.2) is 0 Å². The molecule has 0 bridgehead atoms. The SMILES string of the molecule is COC(=O)[C@H]1CN(C(=O)/C=C/c2ccc(C)s2)CCS1. The fraction of sp³-hybridized carbons (Fsp3) is 0.429. The Morgan fingerprint density at radius 1 is 1.45 bits per heavy atom. The monoisotopic (exact) mass is 311 g/mol. The summed E-state index contributed by atoms with van der Waals surface area (Å²) in [6.07, 6.45) is 3.41. The molecule has 1 fully saturated rings. The lowest BCUT2D eigenvalue weighted by Gasteiger charge is -2.30. The highest BCUT2D eigenvalue weighted by molar-refractivity contribution is 8.00. The first-order valence-corrected chi connectivity index (χ1v) is 8.19. The van der Waals surface area contributed by atoms with E-state index in [9.17, 15) is 9.59 Å². The summed E-state index contributed by atoms with van der Waals surface area (Å²) in [7, 11) is 1.38. The number of nitrogens with zero attached hydrogens (tertiary/aromatic N) is 1. The van der Waals surface area contributed by atoms with Crippen molar-refractivity contribution in [3.05, 3.63) is 28.0 Å². The standard InChI is InChI=1S/C14H17NO3S2/c1-10-3-4-11(20-10)5-6-13(16)15-7-8-19-12(9-15)14(17)18-2/h3-6,12H,7-9H2,1-2H3/b6-5+/t12-/m1/s1. The molecule has 0 radical (unpaired) electrons. The van der Waals surface area contributed by atoms with Gasteiger partial charge in [0.2, 0.25) is 5.91 Å². The van der Waals surface area contributed by atoms with Crippen molar-refractivity contribution in [3.63, 3.8) is 0 Å². The summed E-state index contributed by atoms with van der Waals surface area (Å²) in [5.74, 6) is 0.452. The van der Waals surface area contributed by atoms with Gasteiger partial charge in [0.05, 0.1) is 7.11 Å². The number of hydrogen-bond donors (Lipinski definition) is 0. The van der Waals surface area contributed by atoms with Crippen LogP contribution in [0.1, 0.15) is 9.75 Å². The Balaban J connectivity index is 1.95. The molecular weight excluding hydrogens is 294 g/mol. The maximum atomic E-state index is 12.1. The van der Waals surface area contributed by atoms with E-state index in [2.05, 4.69) is 0 Å². The zero-order chi connectivity index (χ0) is 14.5. The number of carbonyl (C=O) groups excluding carboxylic acids is 2. The molecule has 20 heavy (non-hydrogen) atoms. The van der Waals surface area contributed by atoms with Crippen LogP contribution in [-0.4, -0.2) is 48.0 Å². The second-order valence-corrected chi connectivity index (χ2v) is 7.08. The summed E-state index contributed by atoms with van der Waals surface area (Å²) < 4.78 is 4.74. The van der Waals surface area contributed by atoms with Gasteiger partial charge in [0, 0.05) is 34.7 Å². The summed E-state index contributed by atoms with van der Waals surface area (Å²) in [5.41, 5.74) is 0. The van der Waals surface area contributed by atoms with Crippen LogP contribution in [-0.2, 0) is 14.3 Å². The van der Waals surface area contributed by atoms with Crippen LogP contribution in [0.2, 0.25) is 0 Å². The Hall–Kier alpha value is -1.27. The van der Waals surface area contributed by atoms with Crippen molar-refractivity contribution in [1.82, 2.24) is 4.90 Å². The fourth-order valence-electron chi connectivity index (χ4n) is 1.93. The average Bonchev–Trinajstić information content (AvgIpc) is 2.89. The van der Waals surface area contributed by atoms with Crippen molar-refractivity contribution >= 4 is 41.1 Å². The molecule has 0 saturated carbocycles. The Morgan fingerprint density at radius 2 is 2.25 bits per heavy atom. The largest absolute Gasteiger partial charge is 0.468 e.